The standard InChI is InChI=1S/C16H21N3OS3/c1-11-19-14(10-22-11)15-3-2-13(23-15)4-5-18-16(20)8-12-9-21-7-6-17-12/h2-3,10,12,17H,4-9H2,1H3,(H,18,20). The van der Waals surface area contributed by atoms with E-state index in [4.69, 9.17) is 0 Å². The highest BCUT2D eigenvalue weighted by Gasteiger charge is 2.16. The molecule has 0 spiro atoms. The zero-order valence-electron chi connectivity index (χ0n) is 13.1. The van der Waals surface area contributed by atoms with Crippen molar-refractivity contribution in [3.8, 4) is 10.6 Å². The number of carbonyl (C=O) groups is 1. The van der Waals surface area contributed by atoms with E-state index in [1.54, 1.807) is 22.7 Å². The summed E-state index contributed by atoms with van der Waals surface area (Å²) in [4.78, 5) is 19.0. The third-order valence-electron chi connectivity index (χ3n) is 3.66. The van der Waals surface area contributed by atoms with E-state index in [2.05, 4.69) is 33.1 Å². The van der Waals surface area contributed by atoms with Gasteiger partial charge in [-0.25, -0.2) is 4.98 Å². The highest BCUT2D eigenvalue weighted by molar-refractivity contribution is 7.99. The zero-order chi connectivity index (χ0) is 16.1. The Balaban J connectivity index is 1.42. The van der Waals surface area contributed by atoms with E-state index in [1.165, 1.54) is 9.75 Å². The molecular formula is C16H21N3OS3. The Kier molecular flexibility index (Phi) is 6.10. The first-order valence-corrected chi connectivity index (χ1v) is 10.6. The average Bonchev–Trinajstić information content (AvgIpc) is 3.17. The molecule has 0 bridgehead atoms. The van der Waals surface area contributed by atoms with E-state index in [9.17, 15) is 4.79 Å². The van der Waals surface area contributed by atoms with Crippen LogP contribution in [0.15, 0.2) is 17.5 Å². The van der Waals surface area contributed by atoms with Crippen molar-refractivity contribution in [1.82, 2.24) is 15.6 Å². The Morgan fingerprint density at radius 2 is 2.39 bits per heavy atom. The molecule has 1 atom stereocenters. The first-order valence-electron chi connectivity index (χ1n) is 7.80. The number of rotatable bonds is 6. The number of nitrogens with one attached hydrogen (secondary N) is 2. The van der Waals surface area contributed by atoms with Gasteiger partial charge in [0.15, 0.2) is 0 Å². The molecule has 3 heterocycles. The molecule has 1 aliphatic rings. The molecular weight excluding hydrogens is 346 g/mol. The van der Waals surface area contributed by atoms with E-state index in [1.807, 2.05) is 18.7 Å². The number of hydrogen-bond acceptors (Lipinski definition) is 6. The molecule has 1 amide bonds. The average molecular weight is 368 g/mol. The molecule has 1 fully saturated rings. The highest BCUT2D eigenvalue weighted by atomic mass is 32.2. The van der Waals surface area contributed by atoms with Gasteiger partial charge in [-0.1, -0.05) is 0 Å². The zero-order valence-corrected chi connectivity index (χ0v) is 15.6. The highest BCUT2D eigenvalue weighted by Crippen LogP contribution is 2.29. The molecule has 3 rings (SSSR count). The van der Waals surface area contributed by atoms with Gasteiger partial charge in [-0.2, -0.15) is 11.8 Å². The molecule has 2 aromatic rings. The van der Waals surface area contributed by atoms with Crippen LogP contribution in [0.5, 0.6) is 0 Å². The molecule has 0 radical (unpaired) electrons. The van der Waals surface area contributed by atoms with Crippen LogP contribution < -0.4 is 10.6 Å². The van der Waals surface area contributed by atoms with Gasteiger partial charge in [-0.3, -0.25) is 4.79 Å². The van der Waals surface area contributed by atoms with Crippen molar-refractivity contribution < 1.29 is 4.79 Å². The summed E-state index contributed by atoms with van der Waals surface area (Å²) < 4.78 is 0. The Labute approximate surface area is 149 Å². The van der Waals surface area contributed by atoms with Crippen molar-refractivity contribution >= 4 is 40.3 Å². The summed E-state index contributed by atoms with van der Waals surface area (Å²) in [5.41, 5.74) is 1.06. The van der Waals surface area contributed by atoms with Crippen LogP contribution >= 0.6 is 34.4 Å². The monoisotopic (exact) mass is 367 g/mol. The summed E-state index contributed by atoms with van der Waals surface area (Å²) in [6, 6.07) is 4.59. The predicted octanol–water partition coefficient (Wildman–Crippen LogP) is 2.93. The summed E-state index contributed by atoms with van der Waals surface area (Å²) >= 11 is 5.36. The number of amides is 1. The van der Waals surface area contributed by atoms with Gasteiger partial charge in [0.2, 0.25) is 5.91 Å². The Morgan fingerprint density at radius 1 is 1.48 bits per heavy atom. The molecule has 4 nitrogen and oxygen atoms in total. The van der Waals surface area contributed by atoms with Crippen molar-refractivity contribution in [3.63, 3.8) is 0 Å². The van der Waals surface area contributed by atoms with E-state index in [-0.39, 0.29) is 5.91 Å². The number of hydrogen-bond donors (Lipinski definition) is 2. The van der Waals surface area contributed by atoms with Gasteiger partial charge in [0.1, 0.15) is 0 Å². The van der Waals surface area contributed by atoms with Crippen LogP contribution in [0.2, 0.25) is 0 Å². The lowest BCUT2D eigenvalue weighted by Gasteiger charge is -2.22. The molecule has 0 saturated carbocycles. The predicted molar refractivity (Wildman–Crippen MR) is 101 cm³/mol. The third-order valence-corrected chi connectivity index (χ3v) is 6.73. The molecule has 1 saturated heterocycles. The van der Waals surface area contributed by atoms with Gasteiger partial charge in [-0.15, -0.1) is 22.7 Å². The fourth-order valence-corrected chi connectivity index (χ4v) is 5.10. The minimum Gasteiger partial charge on any atom is -0.356 e. The van der Waals surface area contributed by atoms with Crippen LogP contribution in [-0.2, 0) is 11.2 Å². The van der Waals surface area contributed by atoms with E-state index in [0.717, 1.165) is 35.2 Å². The fourth-order valence-electron chi connectivity index (χ4n) is 2.50. The lowest BCUT2D eigenvalue weighted by Crippen LogP contribution is -2.41. The van der Waals surface area contributed by atoms with E-state index < -0.39 is 0 Å². The molecule has 124 valence electrons. The van der Waals surface area contributed by atoms with Crippen LogP contribution in [0, 0.1) is 6.92 Å². The summed E-state index contributed by atoms with van der Waals surface area (Å²) in [6.07, 6.45) is 1.47. The number of carbonyl (C=O) groups excluding carboxylic acids is 1. The van der Waals surface area contributed by atoms with Crippen LogP contribution in [0.4, 0.5) is 0 Å². The van der Waals surface area contributed by atoms with Crippen LogP contribution in [0.25, 0.3) is 10.6 Å². The van der Waals surface area contributed by atoms with Crippen LogP contribution in [-0.4, -0.2) is 41.5 Å². The van der Waals surface area contributed by atoms with Crippen molar-refractivity contribution in [1.29, 1.82) is 0 Å². The molecule has 0 aliphatic carbocycles. The summed E-state index contributed by atoms with van der Waals surface area (Å²) in [7, 11) is 0. The smallest absolute Gasteiger partial charge is 0.221 e. The second-order valence-corrected chi connectivity index (χ2v) is 8.93. The Bertz CT molecular complexity index is 647. The van der Waals surface area contributed by atoms with Gasteiger partial charge >= 0.3 is 0 Å². The number of nitrogens with zero attached hydrogens (tertiary/aromatic N) is 1. The maximum absolute atomic E-state index is 12.0. The maximum atomic E-state index is 12.0. The minimum absolute atomic E-state index is 0.150. The molecule has 7 heteroatoms. The fraction of sp³-hybridized carbons (Fsp3) is 0.500. The molecule has 0 aromatic carbocycles. The number of aryl methyl sites for hydroxylation is 1. The lowest BCUT2D eigenvalue weighted by atomic mass is 10.2. The normalized spacial score (nSPS) is 18.0. The summed E-state index contributed by atoms with van der Waals surface area (Å²) in [6.45, 7) is 3.74. The Morgan fingerprint density at radius 3 is 3.13 bits per heavy atom. The molecule has 1 aliphatic heterocycles. The summed E-state index contributed by atoms with van der Waals surface area (Å²) in [5.74, 6) is 2.34. The second kappa shape index (κ2) is 8.28. The SMILES string of the molecule is Cc1nc(-c2ccc(CCNC(=O)CC3CSCCN3)s2)cs1. The number of thiazole rings is 1. The van der Waals surface area contributed by atoms with Gasteiger partial charge < -0.3 is 10.6 Å². The maximum Gasteiger partial charge on any atom is 0.221 e. The number of aromatic nitrogens is 1. The van der Waals surface area contributed by atoms with Gasteiger partial charge in [-0.05, 0) is 25.5 Å². The van der Waals surface area contributed by atoms with Crippen molar-refractivity contribution in [2.45, 2.75) is 25.8 Å². The van der Waals surface area contributed by atoms with Crippen LogP contribution in [0.1, 0.15) is 16.3 Å². The van der Waals surface area contributed by atoms with E-state index in [0.29, 0.717) is 19.0 Å². The van der Waals surface area contributed by atoms with Crippen molar-refractivity contribution in [2.24, 2.45) is 0 Å². The Hall–Kier alpha value is -0.890. The molecule has 2 N–H and O–H groups in total. The largest absolute Gasteiger partial charge is 0.356 e. The molecule has 23 heavy (non-hydrogen) atoms. The molecule has 1 unspecified atom stereocenters. The van der Waals surface area contributed by atoms with Gasteiger partial charge in [0, 0.05) is 47.3 Å². The van der Waals surface area contributed by atoms with Crippen molar-refractivity contribution in [2.75, 3.05) is 24.6 Å². The first-order chi connectivity index (χ1) is 11.2. The third kappa shape index (κ3) is 5.04. The van der Waals surface area contributed by atoms with Crippen LogP contribution in [0.3, 0.4) is 0 Å². The van der Waals surface area contributed by atoms with Crippen molar-refractivity contribution in [3.05, 3.63) is 27.4 Å². The summed E-state index contributed by atoms with van der Waals surface area (Å²) in [5, 5.41) is 9.63. The quantitative estimate of drug-likeness (QED) is 0.824. The number of thiophene rings is 1. The first kappa shape index (κ1) is 17.0. The number of thioether (sulfide) groups is 1. The van der Waals surface area contributed by atoms with Gasteiger partial charge in [0.25, 0.3) is 0 Å². The minimum atomic E-state index is 0.150. The topological polar surface area (TPSA) is 54.0 Å². The lowest BCUT2D eigenvalue weighted by molar-refractivity contribution is -0.121. The second-order valence-electron chi connectivity index (χ2n) is 5.55. The van der Waals surface area contributed by atoms with Gasteiger partial charge in [0.05, 0.1) is 15.6 Å². The molecule has 2 aromatic heterocycles. The van der Waals surface area contributed by atoms with E-state index >= 15 is 0 Å².